The van der Waals surface area contributed by atoms with E-state index in [-0.39, 0.29) is 23.5 Å². The second kappa shape index (κ2) is 6.08. The molecule has 4 N–H and O–H groups in total. The fraction of sp³-hybridized carbons (Fsp3) is 0.800. The van der Waals surface area contributed by atoms with Gasteiger partial charge < -0.3 is 25.6 Å². The maximum absolute atomic E-state index is 12.3. The van der Waals surface area contributed by atoms with Crippen LogP contribution in [0.3, 0.4) is 0 Å². The number of hydrogen-bond acceptors (Lipinski definition) is 6. The van der Waals surface area contributed by atoms with E-state index in [1.165, 1.54) is 0 Å². The number of aliphatic carboxylic acids is 1. The molecule has 3 saturated heterocycles. The number of nitrogens with two attached hydrogens (primary N) is 1. The molecule has 4 fully saturated rings. The standard InChI is InChI=1S/C13H18N2O4.C2HF3O2/c14-12(3-4-12)5-15-10(16)8-7-1-2-13(19-7)6-18-11(17)9(8)13;3-2(4,5)1(6)7/h7-9H,1-6,14H2,(H,15,16);(H,6,7)/t7-,8-,9+,13-;/m1./s1. The predicted molar refractivity (Wildman–Crippen MR) is 77.6 cm³/mol. The van der Waals surface area contributed by atoms with Gasteiger partial charge in [-0.25, -0.2) is 4.79 Å². The summed E-state index contributed by atoms with van der Waals surface area (Å²) in [6.07, 6.45) is -1.66. The molecule has 3 aliphatic heterocycles. The van der Waals surface area contributed by atoms with Gasteiger partial charge in [0.05, 0.1) is 12.0 Å². The zero-order chi connectivity index (χ0) is 19.3. The van der Waals surface area contributed by atoms with Gasteiger partial charge in [-0.15, -0.1) is 0 Å². The summed E-state index contributed by atoms with van der Waals surface area (Å²) in [5.41, 5.74) is 5.22. The molecule has 0 radical (unpaired) electrons. The Balaban J connectivity index is 0.000000242. The summed E-state index contributed by atoms with van der Waals surface area (Å²) in [7, 11) is 0. The lowest BCUT2D eigenvalue weighted by Crippen LogP contribution is -2.48. The smallest absolute Gasteiger partial charge is 0.475 e. The van der Waals surface area contributed by atoms with Crippen LogP contribution in [0.4, 0.5) is 13.2 Å². The van der Waals surface area contributed by atoms with Crippen LogP contribution in [0.25, 0.3) is 0 Å². The number of carboxylic acid groups (broad SMARTS) is 1. The number of esters is 1. The Morgan fingerprint density at radius 2 is 1.92 bits per heavy atom. The first-order valence-corrected chi connectivity index (χ1v) is 8.19. The fourth-order valence-electron chi connectivity index (χ4n) is 3.71. The van der Waals surface area contributed by atoms with Crippen LogP contribution in [-0.4, -0.2) is 59.5 Å². The van der Waals surface area contributed by atoms with Gasteiger partial charge >= 0.3 is 18.1 Å². The molecular formula is C15H19F3N2O6. The molecule has 3 heterocycles. The van der Waals surface area contributed by atoms with Crippen LogP contribution < -0.4 is 11.1 Å². The van der Waals surface area contributed by atoms with Crippen molar-refractivity contribution in [3.8, 4) is 0 Å². The molecule has 1 spiro atoms. The molecule has 2 bridgehead atoms. The van der Waals surface area contributed by atoms with E-state index in [9.17, 15) is 22.8 Å². The quantitative estimate of drug-likeness (QED) is 0.586. The number of amides is 1. The molecule has 0 aromatic rings. The number of hydrogen-bond donors (Lipinski definition) is 3. The fourth-order valence-corrected chi connectivity index (χ4v) is 3.71. The van der Waals surface area contributed by atoms with Crippen molar-refractivity contribution < 1.29 is 42.1 Å². The highest BCUT2D eigenvalue weighted by molar-refractivity contribution is 5.89. The molecule has 1 aliphatic carbocycles. The van der Waals surface area contributed by atoms with E-state index in [4.69, 9.17) is 25.1 Å². The summed E-state index contributed by atoms with van der Waals surface area (Å²) in [6, 6.07) is 0. The maximum Gasteiger partial charge on any atom is 0.490 e. The van der Waals surface area contributed by atoms with Crippen molar-refractivity contribution in [1.29, 1.82) is 0 Å². The van der Waals surface area contributed by atoms with Crippen LogP contribution in [0, 0.1) is 11.8 Å². The zero-order valence-electron chi connectivity index (χ0n) is 13.7. The molecule has 8 nitrogen and oxygen atoms in total. The Hall–Kier alpha value is -1.88. The highest BCUT2D eigenvalue weighted by Gasteiger charge is 2.68. The molecule has 4 atom stereocenters. The monoisotopic (exact) mass is 380 g/mol. The molecule has 0 aromatic heterocycles. The van der Waals surface area contributed by atoms with Crippen molar-refractivity contribution in [1.82, 2.24) is 5.32 Å². The van der Waals surface area contributed by atoms with Crippen molar-refractivity contribution in [2.75, 3.05) is 13.2 Å². The van der Waals surface area contributed by atoms with Crippen molar-refractivity contribution in [3.63, 3.8) is 0 Å². The first-order valence-electron chi connectivity index (χ1n) is 8.19. The van der Waals surface area contributed by atoms with Crippen LogP contribution >= 0.6 is 0 Å². The predicted octanol–water partition coefficient (Wildman–Crippen LogP) is -0.0522. The van der Waals surface area contributed by atoms with Crippen LogP contribution in [-0.2, 0) is 23.9 Å². The Morgan fingerprint density at radius 3 is 2.46 bits per heavy atom. The van der Waals surface area contributed by atoms with Gasteiger partial charge in [0, 0.05) is 12.1 Å². The first kappa shape index (κ1) is 18.9. The Labute approximate surface area is 146 Å². The highest BCUT2D eigenvalue weighted by atomic mass is 19.4. The van der Waals surface area contributed by atoms with E-state index in [1.54, 1.807) is 0 Å². The minimum atomic E-state index is -5.08. The molecule has 146 valence electrons. The van der Waals surface area contributed by atoms with Crippen LogP contribution in [0.1, 0.15) is 25.7 Å². The van der Waals surface area contributed by atoms with Crippen LogP contribution in [0.5, 0.6) is 0 Å². The van der Waals surface area contributed by atoms with E-state index in [2.05, 4.69) is 5.32 Å². The third kappa shape index (κ3) is 3.37. The summed E-state index contributed by atoms with van der Waals surface area (Å²) in [5, 5.41) is 10.0. The lowest BCUT2D eigenvalue weighted by atomic mass is 9.73. The number of halogens is 3. The van der Waals surface area contributed by atoms with E-state index >= 15 is 0 Å². The summed E-state index contributed by atoms with van der Waals surface area (Å²) in [5.74, 6) is -3.96. The van der Waals surface area contributed by atoms with Gasteiger partial charge in [-0.1, -0.05) is 0 Å². The van der Waals surface area contributed by atoms with Gasteiger partial charge in [0.2, 0.25) is 5.91 Å². The second-order valence-electron chi connectivity index (χ2n) is 7.25. The number of alkyl halides is 3. The third-order valence-electron chi connectivity index (χ3n) is 5.33. The number of rotatable bonds is 3. The minimum absolute atomic E-state index is 0.104. The largest absolute Gasteiger partial charge is 0.490 e. The Morgan fingerprint density at radius 1 is 1.31 bits per heavy atom. The molecule has 0 aromatic carbocycles. The molecule has 4 aliphatic rings. The van der Waals surface area contributed by atoms with E-state index in [0.29, 0.717) is 13.2 Å². The number of carbonyl (C=O) groups excluding carboxylic acids is 2. The summed E-state index contributed by atoms with van der Waals surface area (Å²) >= 11 is 0. The van der Waals surface area contributed by atoms with E-state index < -0.39 is 29.6 Å². The van der Waals surface area contributed by atoms with Crippen molar-refractivity contribution in [2.24, 2.45) is 17.6 Å². The first-order chi connectivity index (χ1) is 12.0. The van der Waals surface area contributed by atoms with E-state index in [0.717, 1.165) is 25.7 Å². The molecule has 1 amide bonds. The number of ether oxygens (including phenoxy) is 2. The topological polar surface area (TPSA) is 128 Å². The Kier molecular flexibility index (Phi) is 4.42. The van der Waals surface area contributed by atoms with Gasteiger partial charge in [0.15, 0.2) is 0 Å². The number of carbonyl (C=O) groups is 3. The number of carboxylic acids is 1. The van der Waals surface area contributed by atoms with E-state index in [1.807, 2.05) is 0 Å². The zero-order valence-corrected chi connectivity index (χ0v) is 13.7. The SMILES string of the molecule is NC1(CNC(=O)[C@H]2[C@H]3C(=O)OC[C@]34CC[C@H]2O4)CC1.O=C(O)C(F)(F)F. The molecule has 4 rings (SSSR count). The molecule has 1 saturated carbocycles. The normalized spacial score (nSPS) is 35.8. The van der Waals surface area contributed by atoms with Crippen molar-refractivity contribution >= 4 is 17.8 Å². The van der Waals surface area contributed by atoms with Gasteiger partial charge in [-0.3, -0.25) is 9.59 Å². The van der Waals surface area contributed by atoms with Crippen molar-refractivity contribution in [2.45, 2.75) is 49.1 Å². The molecular weight excluding hydrogens is 361 g/mol. The van der Waals surface area contributed by atoms with Gasteiger partial charge in [0.25, 0.3) is 0 Å². The summed E-state index contributed by atoms with van der Waals surface area (Å²) in [6.45, 7) is 0.793. The molecule has 11 heteroatoms. The number of fused-ring (bicyclic) bond motifs is 1. The molecule has 0 unspecified atom stereocenters. The Bertz CT molecular complexity index is 635. The maximum atomic E-state index is 12.3. The van der Waals surface area contributed by atoms with Gasteiger partial charge in [0.1, 0.15) is 18.1 Å². The van der Waals surface area contributed by atoms with Crippen molar-refractivity contribution in [3.05, 3.63) is 0 Å². The third-order valence-corrected chi connectivity index (χ3v) is 5.33. The van der Waals surface area contributed by atoms with Crippen LogP contribution in [0.2, 0.25) is 0 Å². The average Bonchev–Trinajstić information content (AvgIpc) is 2.93. The minimum Gasteiger partial charge on any atom is -0.475 e. The second-order valence-corrected chi connectivity index (χ2v) is 7.25. The molecule has 26 heavy (non-hydrogen) atoms. The van der Waals surface area contributed by atoms with Gasteiger partial charge in [-0.2, -0.15) is 13.2 Å². The summed E-state index contributed by atoms with van der Waals surface area (Å²) in [4.78, 5) is 33.1. The highest BCUT2D eigenvalue weighted by Crippen LogP contribution is 2.54. The lowest BCUT2D eigenvalue weighted by molar-refractivity contribution is -0.192. The van der Waals surface area contributed by atoms with Gasteiger partial charge in [-0.05, 0) is 25.7 Å². The average molecular weight is 380 g/mol. The number of nitrogens with one attached hydrogen (secondary N) is 1. The number of cyclic esters (lactones) is 1. The lowest BCUT2D eigenvalue weighted by Gasteiger charge is -2.26. The summed E-state index contributed by atoms with van der Waals surface area (Å²) < 4.78 is 42.7. The van der Waals surface area contributed by atoms with Crippen LogP contribution in [0.15, 0.2) is 0 Å².